The number of fused-ring (bicyclic) bond motifs is 2. The third-order valence-corrected chi connectivity index (χ3v) is 3.06. The topological polar surface area (TPSA) is 73.4 Å². The Hall–Kier alpha value is -1.01. The maximum Gasteiger partial charge on any atom is 0.231 e. The highest BCUT2D eigenvalue weighted by Crippen LogP contribution is 2.39. The van der Waals surface area contributed by atoms with Crippen LogP contribution in [0.1, 0.15) is 17.4 Å². The number of rotatable bonds is 0. The fraction of sp³-hybridized carbons (Fsp3) is 0.455. The quantitative estimate of drug-likeness (QED) is 0.738. The molecule has 0 saturated heterocycles. The van der Waals surface area contributed by atoms with Crippen molar-refractivity contribution in [2.45, 2.75) is 12.6 Å². The van der Waals surface area contributed by atoms with E-state index in [2.05, 4.69) is 0 Å². The van der Waals surface area contributed by atoms with Gasteiger partial charge in [-0.2, -0.15) is 0 Å². The van der Waals surface area contributed by atoms with Gasteiger partial charge in [-0.15, -0.1) is 12.4 Å². The molecule has 1 atom stereocenters. The number of likely N-dealkylation sites (N-methyl/N-ethyl adjacent to an activating group) is 1. The molecule has 2 heterocycles. The minimum absolute atomic E-state index is 0. The molecule has 0 saturated carbocycles. The predicted octanol–water partition coefficient (Wildman–Crippen LogP) is 0.491. The molecule has 17 heavy (non-hydrogen) atoms. The lowest BCUT2D eigenvalue weighted by atomic mass is 9.98. The lowest BCUT2D eigenvalue weighted by molar-refractivity contribution is 0.0126. The number of ether oxygens (including phenoxy) is 2. The Morgan fingerprint density at radius 3 is 2.65 bits per heavy atom. The van der Waals surface area contributed by atoms with Crippen molar-refractivity contribution < 1.29 is 20.1 Å². The van der Waals surface area contributed by atoms with Gasteiger partial charge < -0.3 is 20.1 Å². The zero-order chi connectivity index (χ0) is 10.4. The van der Waals surface area contributed by atoms with Gasteiger partial charge in [-0.1, -0.05) is 0 Å². The molecular weight excluding hydrogens is 246 g/mol. The van der Waals surface area contributed by atoms with Crippen LogP contribution in [0.2, 0.25) is 0 Å². The number of nitrogens with zero attached hydrogens (tertiary/aromatic N) is 1. The normalized spacial score (nSPS) is 21.2. The molecule has 6 heteroatoms. The first kappa shape index (κ1) is 14.1. The van der Waals surface area contributed by atoms with Gasteiger partial charge in [0.2, 0.25) is 6.79 Å². The van der Waals surface area contributed by atoms with E-state index in [1.165, 1.54) is 0 Å². The van der Waals surface area contributed by atoms with Gasteiger partial charge in [0.25, 0.3) is 0 Å². The molecule has 2 aliphatic heterocycles. The molecule has 0 radical (unpaired) electrons. The lowest BCUT2D eigenvalue weighted by Crippen LogP contribution is -2.31. The number of halogens is 1. The van der Waals surface area contributed by atoms with Crippen LogP contribution in [0.5, 0.6) is 11.5 Å². The number of benzene rings is 1. The molecule has 1 aromatic carbocycles. The van der Waals surface area contributed by atoms with E-state index in [1.807, 2.05) is 24.1 Å². The second kappa shape index (κ2) is 5.10. The van der Waals surface area contributed by atoms with Crippen molar-refractivity contribution in [3.63, 3.8) is 0 Å². The highest BCUT2D eigenvalue weighted by atomic mass is 35.5. The van der Waals surface area contributed by atoms with Crippen LogP contribution in [0.25, 0.3) is 0 Å². The first-order valence-corrected chi connectivity index (χ1v) is 5.06. The molecule has 2 aliphatic rings. The average Bonchev–Trinajstić information content (AvgIpc) is 2.68. The third-order valence-electron chi connectivity index (χ3n) is 3.06. The van der Waals surface area contributed by atoms with Gasteiger partial charge in [0.1, 0.15) is 6.23 Å². The van der Waals surface area contributed by atoms with E-state index in [9.17, 15) is 5.11 Å². The van der Waals surface area contributed by atoms with Gasteiger partial charge in [0.05, 0.1) is 0 Å². The molecule has 3 rings (SSSR count). The summed E-state index contributed by atoms with van der Waals surface area (Å²) in [6, 6.07) is 3.87. The minimum Gasteiger partial charge on any atom is -0.454 e. The Bertz CT molecular complexity index is 413. The molecule has 0 amide bonds. The average molecular weight is 262 g/mol. The lowest BCUT2D eigenvalue weighted by Gasteiger charge is -2.30. The maximum absolute atomic E-state index is 9.99. The van der Waals surface area contributed by atoms with E-state index in [-0.39, 0.29) is 24.7 Å². The molecular formula is C11H16ClNO4. The van der Waals surface area contributed by atoms with E-state index >= 15 is 0 Å². The Labute approximate surface area is 106 Å². The summed E-state index contributed by atoms with van der Waals surface area (Å²) in [5, 5.41) is 9.99. The van der Waals surface area contributed by atoms with E-state index < -0.39 is 6.23 Å². The second-order valence-corrected chi connectivity index (χ2v) is 4.01. The van der Waals surface area contributed by atoms with E-state index in [0.717, 1.165) is 35.6 Å². The molecule has 1 unspecified atom stereocenters. The van der Waals surface area contributed by atoms with Crippen molar-refractivity contribution in [2.75, 3.05) is 20.4 Å². The molecule has 96 valence electrons. The highest BCUT2D eigenvalue weighted by Gasteiger charge is 2.26. The van der Waals surface area contributed by atoms with E-state index in [0.29, 0.717) is 0 Å². The Morgan fingerprint density at radius 2 is 1.94 bits per heavy atom. The predicted molar refractivity (Wildman–Crippen MR) is 64.7 cm³/mol. The number of hydrogen-bond acceptors (Lipinski definition) is 4. The zero-order valence-electron chi connectivity index (χ0n) is 9.47. The molecule has 0 fully saturated rings. The minimum atomic E-state index is -0.525. The van der Waals surface area contributed by atoms with Gasteiger partial charge in [-0.05, 0) is 31.2 Å². The summed E-state index contributed by atoms with van der Waals surface area (Å²) < 4.78 is 10.6. The van der Waals surface area contributed by atoms with Gasteiger partial charge in [-0.25, -0.2) is 0 Å². The number of aliphatic hydroxyl groups excluding tert-OH is 1. The van der Waals surface area contributed by atoms with Crippen LogP contribution >= 0.6 is 12.4 Å². The molecule has 0 bridgehead atoms. The zero-order valence-corrected chi connectivity index (χ0v) is 10.3. The standard InChI is InChI=1S/C11H13NO3.ClH.H2O/c1-12-3-2-7-4-9-10(15-6-14-9)5-8(7)11(12)13;;/h4-5,11,13H,2-3,6H2,1H3;1H;1H2. The fourth-order valence-electron chi connectivity index (χ4n) is 2.11. The van der Waals surface area contributed by atoms with E-state index in [1.54, 1.807) is 0 Å². The number of hydrogen-bond donors (Lipinski definition) is 1. The fourth-order valence-corrected chi connectivity index (χ4v) is 2.11. The van der Waals surface area contributed by atoms with Gasteiger partial charge in [-0.3, -0.25) is 4.90 Å². The smallest absolute Gasteiger partial charge is 0.231 e. The van der Waals surface area contributed by atoms with Crippen molar-refractivity contribution in [3.8, 4) is 11.5 Å². The summed E-state index contributed by atoms with van der Waals surface area (Å²) >= 11 is 0. The summed E-state index contributed by atoms with van der Waals surface area (Å²) in [6.07, 6.45) is 0.419. The monoisotopic (exact) mass is 261 g/mol. The SMILES string of the molecule is CN1CCc2cc3c(cc2C1O)OCO3.Cl.O. The summed E-state index contributed by atoms with van der Waals surface area (Å²) in [7, 11) is 1.91. The highest BCUT2D eigenvalue weighted by molar-refractivity contribution is 5.85. The Balaban J connectivity index is 0.000000722. The first-order valence-electron chi connectivity index (χ1n) is 5.06. The summed E-state index contributed by atoms with van der Waals surface area (Å²) in [5.41, 5.74) is 2.10. The Kier molecular flexibility index (Phi) is 4.21. The number of aliphatic hydroxyl groups is 1. The van der Waals surface area contributed by atoms with Crippen LogP contribution in [0.4, 0.5) is 0 Å². The van der Waals surface area contributed by atoms with Gasteiger partial charge in [0, 0.05) is 12.1 Å². The molecule has 0 aliphatic carbocycles. The third kappa shape index (κ3) is 2.19. The van der Waals surface area contributed by atoms with Crippen molar-refractivity contribution in [1.82, 2.24) is 4.90 Å². The molecule has 1 aromatic rings. The molecule has 5 nitrogen and oxygen atoms in total. The largest absolute Gasteiger partial charge is 0.454 e. The Morgan fingerprint density at radius 1 is 1.29 bits per heavy atom. The van der Waals surface area contributed by atoms with Crippen LogP contribution in [0.15, 0.2) is 12.1 Å². The first-order chi connectivity index (χ1) is 7.25. The van der Waals surface area contributed by atoms with Crippen LogP contribution in [0.3, 0.4) is 0 Å². The second-order valence-electron chi connectivity index (χ2n) is 4.01. The van der Waals surface area contributed by atoms with E-state index in [4.69, 9.17) is 9.47 Å². The van der Waals surface area contributed by atoms with Crippen LogP contribution in [-0.4, -0.2) is 35.9 Å². The van der Waals surface area contributed by atoms with Crippen LogP contribution in [-0.2, 0) is 6.42 Å². The molecule has 0 spiro atoms. The van der Waals surface area contributed by atoms with Gasteiger partial charge in [0.15, 0.2) is 11.5 Å². The van der Waals surface area contributed by atoms with Crippen LogP contribution in [0, 0.1) is 0 Å². The van der Waals surface area contributed by atoms with Crippen molar-refractivity contribution in [1.29, 1.82) is 0 Å². The molecule has 0 aromatic heterocycles. The van der Waals surface area contributed by atoms with Crippen molar-refractivity contribution in [3.05, 3.63) is 23.3 Å². The van der Waals surface area contributed by atoms with Crippen molar-refractivity contribution in [2.24, 2.45) is 0 Å². The van der Waals surface area contributed by atoms with Crippen LogP contribution < -0.4 is 9.47 Å². The maximum atomic E-state index is 9.99. The van der Waals surface area contributed by atoms with Crippen molar-refractivity contribution >= 4 is 12.4 Å². The van der Waals surface area contributed by atoms with Gasteiger partial charge >= 0.3 is 0 Å². The summed E-state index contributed by atoms with van der Waals surface area (Å²) in [6.45, 7) is 1.15. The summed E-state index contributed by atoms with van der Waals surface area (Å²) in [4.78, 5) is 1.92. The molecule has 3 N–H and O–H groups in total. The summed E-state index contributed by atoms with van der Waals surface area (Å²) in [5.74, 6) is 1.54.